The number of aliphatic hydroxyl groups excluding tert-OH is 5. The highest BCUT2D eigenvalue weighted by Crippen LogP contribution is 2.30. The molecule has 0 spiro atoms. The molecule has 184 valence electrons. The molecule has 32 heavy (non-hydrogen) atoms. The monoisotopic (exact) mass is 464 g/mol. The molecule has 13 heteroatoms. The molecule has 0 aromatic rings. The maximum Gasteiger partial charge on any atom is 0.217 e. The second-order valence-corrected chi connectivity index (χ2v) is 8.05. The van der Waals surface area contributed by atoms with Crippen LogP contribution in [0.3, 0.4) is 0 Å². The average Bonchev–Trinajstić information content (AvgIpc) is 2.74. The maximum atomic E-state index is 12.3. The molecule has 0 aromatic heterocycles. The molecule has 0 saturated carbocycles. The van der Waals surface area contributed by atoms with E-state index in [9.17, 15) is 40.2 Å². The van der Waals surface area contributed by atoms with Gasteiger partial charge in [0.1, 0.15) is 30.0 Å². The van der Waals surface area contributed by atoms with E-state index in [4.69, 9.17) is 19.9 Å². The van der Waals surface area contributed by atoms with Gasteiger partial charge in [0.25, 0.3) is 0 Å². The molecule has 9 N–H and O–H groups in total. The third-order valence-corrected chi connectivity index (χ3v) is 5.45. The van der Waals surface area contributed by atoms with Gasteiger partial charge in [0.15, 0.2) is 12.0 Å². The molecule has 1 heterocycles. The number of aliphatic hydroxyl groups is 6. The van der Waals surface area contributed by atoms with Crippen LogP contribution in [-0.4, -0.2) is 112 Å². The Hall–Kier alpha value is -1.84. The molecule has 7 unspecified atom stereocenters. The number of allylic oxidation sites excluding steroid dienone is 1. The predicted molar refractivity (Wildman–Crippen MR) is 105 cm³/mol. The van der Waals surface area contributed by atoms with Gasteiger partial charge in [-0.3, -0.25) is 9.59 Å². The lowest BCUT2D eigenvalue weighted by atomic mass is 9.86. The summed E-state index contributed by atoms with van der Waals surface area (Å²) in [7, 11) is 1.28. The van der Waals surface area contributed by atoms with Crippen LogP contribution in [0.1, 0.15) is 25.7 Å². The Bertz CT molecular complexity index is 701. The summed E-state index contributed by atoms with van der Waals surface area (Å²) in [5, 5.41) is 62.0. The number of nitrogens with one attached hydrogen (secondary N) is 1. The smallest absolute Gasteiger partial charge is 0.217 e. The van der Waals surface area contributed by atoms with Crippen molar-refractivity contribution in [1.82, 2.24) is 5.32 Å². The van der Waals surface area contributed by atoms with Gasteiger partial charge in [-0.25, -0.2) is 0 Å². The summed E-state index contributed by atoms with van der Waals surface area (Å²) < 4.78 is 16.0. The van der Waals surface area contributed by atoms with E-state index in [1.165, 1.54) is 7.11 Å². The van der Waals surface area contributed by atoms with Crippen LogP contribution in [0.25, 0.3) is 0 Å². The average molecular weight is 464 g/mol. The Morgan fingerprint density at radius 2 is 1.94 bits per heavy atom. The number of carbonyl (C=O) groups excluding carboxylic acids is 2. The maximum absolute atomic E-state index is 12.3. The summed E-state index contributed by atoms with van der Waals surface area (Å²) in [6.45, 7) is -1.50. The van der Waals surface area contributed by atoms with Gasteiger partial charge < -0.3 is 55.9 Å². The third-order valence-electron chi connectivity index (χ3n) is 5.45. The first kappa shape index (κ1) is 26.4. The highest BCUT2D eigenvalue weighted by molar-refractivity contribution is 5.95. The lowest BCUT2D eigenvalue weighted by Gasteiger charge is -2.40. The van der Waals surface area contributed by atoms with E-state index >= 15 is 0 Å². The number of nitrogens with two attached hydrogens (primary N) is 1. The molecule has 1 aliphatic carbocycles. The first-order valence-electron chi connectivity index (χ1n) is 10.2. The van der Waals surface area contributed by atoms with Gasteiger partial charge in [-0.15, -0.1) is 0 Å². The highest BCUT2D eigenvalue weighted by Gasteiger charge is 2.44. The lowest BCUT2D eigenvalue weighted by molar-refractivity contribution is -0.302. The zero-order chi connectivity index (χ0) is 24.1. The van der Waals surface area contributed by atoms with Crippen molar-refractivity contribution in [3.8, 4) is 0 Å². The summed E-state index contributed by atoms with van der Waals surface area (Å²) in [5.74, 6) is -1.17. The first-order valence-corrected chi connectivity index (χ1v) is 10.2. The minimum absolute atomic E-state index is 0.0416. The number of primary amides is 1. The van der Waals surface area contributed by atoms with Crippen LogP contribution in [0.15, 0.2) is 11.5 Å². The Labute approximate surface area is 184 Å². The van der Waals surface area contributed by atoms with Crippen LogP contribution >= 0.6 is 0 Å². The van der Waals surface area contributed by atoms with E-state index in [0.29, 0.717) is 0 Å². The highest BCUT2D eigenvalue weighted by atomic mass is 16.7. The number of methoxy groups -OCH3 is 1. The van der Waals surface area contributed by atoms with Gasteiger partial charge in [0.2, 0.25) is 11.7 Å². The zero-order valence-electron chi connectivity index (χ0n) is 17.7. The molecular weight excluding hydrogens is 432 g/mol. The van der Waals surface area contributed by atoms with Crippen LogP contribution in [0.2, 0.25) is 0 Å². The van der Waals surface area contributed by atoms with Gasteiger partial charge >= 0.3 is 0 Å². The molecule has 1 amide bonds. The topological polar surface area (TPSA) is 221 Å². The summed E-state index contributed by atoms with van der Waals surface area (Å²) in [4.78, 5) is 23.6. The molecule has 2 aliphatic rings. The van der Waals surface area contributed by atoms with E-state index in [0.717, 1.165) is 0 Å². The molecule has 1 fully saturated rings. The molecule has 7 atom stereocenters. The molecule has 13 nitrogen and oxygen atoms in total. The van der Waals surface area contributed by atoms with E-state index in [1.54, 1.807) is 0 Å². The van der Waals surface area contributed by atoms with Gasteiger partial charge in [0, 0.05) is 25.3 Å². The molecule has 0 aromatic carbocycles. The van der Waals surface area contributed by atoms with Crippen molar-refractivity contribution in [2.24, 2.45) is 5.73 Å². The lowest BCUT2D eigenvalue weighted by Crippen LogP contribution is -2.59. The number of rotatable bonds is 11. The Kier molecular flexibility index (Phi) is 9.36. The number of ketones is 1. The summed E-state index contributed by atoms with van der Waals surface area (Å²) in [6.07, 6.45) is -7.75. The van der Waals surface area contributed by atoms with Crippen molar-refractivity contribution in [2.75, 3.05) is 26.9 Å². The van der Waals surface area contributed by atoms with Crippen LogP contribution in [0, 0.1) is 0 Å². The van der Waals surface area contributed by atoms with E-state index in [1.807, 2.05) is 0 Å². The molecule has 1 saturated heterocycles. The fraction of sp³-hybridized carbons (Fsp3) is 0.789. The molecule has 0 radical (unpaired) electrons. The summed E-state index contributed by atoms with van der Waals surface area (Å²) in [5.41, 5.74) is 3.72. The fourth-order valence-electron chi connectivity index (χ4n) is 3.66. The molecule has 0 bridgehead atoms. The second kappa shape index (κ2) is 11.3. The quantitative estimate of drug-likeness (QED) is 0.146. The fourth-order valence-corrected chi connectivity index (χ4v) is 3.66. The second-order valence-electron chi connectivity index (χ2n) is 8.05. The third kappa shape index (κ3) is 6.36. The van der Waals surface area contributed by atoms with Gasteiger partial charge in [-0.2, -0.15) is 0 Å². The number of hydrogen-bond donors (Lipinski definition) is 8. The number of Topliss-reactive ketones (excluding diaryl/α,β-unsaturated/α-hetero) is 1. The van der Waals surface area contributed by atoms with Crippen molar-refractivity contribution in [1.29, 1.82) is 0 Å². The zero-order valence-corrected chi connectivity index (χ0v) is 17.7. The predicted octanol–water partition coefficient (Wildman–Crippen LogP) is -4.03. The largest absolute Gasteiger partial charge is 0.491 e. The summed E-state index contributed by atoms with van der Waals surface area (Å²) in [6, 6.07) is -0.691. The van der Waals surface area contributed by atoms with Crippen LogP contribution in [0.4, 0.5) is 0 Å². The van der Waals surface area contributed by atoms with Crippen molar-refractivity contribution < 1.29 is 54.4 Å². The summed E-state index contributed by atoms with van der Waals surface area (Å²) >= 11 is 0. The van der Waals surface area contributed by atoms with Crippen LogP contribution in [-0.2, 0) is 23.8 Å². The van der Waals surface area contributed by atoms with E-state index < -0.39 is 67.3 Å². The number of carbonyl (C=O) groups is 2. The first-order chi connectivity index (χ1) is 15.0. The van der Waals surface area contributed by atoms with E-state index in [-0.39, 0.29) is 43.7 Å². The SMILES string of the molecule is COC1=C(NC(CCC(N)=O)COC2OC(CO)C(O)C(O)C2O)CC(O)(CO)CC1=O. The van der Waals surface area contributed by atoms with Crippen LogP contribution < -0.4 is 11.1 Å². The normalized spacial score (nSPS) is 34.3. The van der Waals surface area contributed by atoms with Crippen molar-refractivity contribution in [3.05, 3.63) is 11.5 Å². The Balaban J connectivity index is 2.15. The molecular formula is C19H32N2O11. The number of hydrogen-bond acceptors (Lipinski definition) is 12. The minimum Gasteiger partial charge on any atom is -0.491 e. The van der Waals surface area contributed by atoms with Gasteiger partial charge in [-0.1, -0.05) is 0 Å². The standard InChI is InChI=1S/C19H32N2O11/c1-30-17-10(4-19(29,8-23)5-11(17)24)21-9(2-3-13(20)25)7-31-18-16(28)15(27)14(26)12(6-22)32-18/h9,12,14-16,18,21-23,26-29H,2-8H2,1H3,(H2,20,25). The number of amides is 1. The molecule has 1 aliphatic heterocycles. The minimum atomic E-state index is -1.69. The van der Waals surface area contributed by atoms with Crippen LogP contribution in [0.5, 0.6) is 0 Å². The van der Waals surface area contributed by atoms with Gasteiger partial charge in [0.05, 0.1) is 32.6 Å². The Morgan fingerprint density at radius 1 is 1.25 bits per heavy atom. The molecule has 2 rings (SSSR count). The van der Waals surface area contributed by atoms with Gasteiger partial charge in [-0.05, 0) is 6.42 Å². The van der Waals surface area contributed by atoms with E-state index in [2.05, 4.69) is 5.32 Å². The number of ether oxygens (including phenoxy) is 3. The van der Waals surface area contributed by atoms with Crippen molar-refractivity contribution in [2.45, 2.75) is 68.0 Å². The Morgan fingerprint density at radius 3 is 2.50 bits per heavy atom. The van der Waals surface area contributed by atoms with Crippen molar-refractivity contribution >= 4 is 11.7 Å². The van der Waals surface area contributed by atoms with Crippen molar-refractivity contribution in [3.63, 3.8) is 0 Å².